The van der Waals surface area contributed by atoms with E-state index in [0.717, 1.165) is 33.1 Å². The summed E-state index contributed by atoms with van der Waals surface area (Å²) in [5.41, 5.74) is 0.534. The average molecular weight is 567 g/mol. The highest BCUT2D eigenvalue weighted by atomic mass is 32.2. The van der Waals surface area contributed by atoms with E-state index in [4.69, 9.17) is 24.2 Å². The summed E-state index contributed by atoms with van der Waals surface area (Å²) in [6, 6.07) is 7.55. The highest BCUT2D eigenvalue weighted by molar-refractivity contribution is 8.14. The van der Waals surface area contributed by atoms with Gasteiger partial charge in [-0.25, -0.2) is 9.78 Å². The molecule has 5 atom stereocenters. The smallest absolute Gasteiger partial charge is 0.332 e. The Labute approximate surface area is 239 Å². The Balaban J connectivity index is 1.37. The van der Waals surface area contributed by atoms with Crippen molar-refractivity contribution in [2.45, 2.75) is 57.3 Å². The second-order valence-electron chi connectivity index (χ2n) is 11.1. The summed E-state index contributed by atoms with van der Waals surface area (Å²) >= 11 is 1.72. The first-order chi connectivity index (χ1) is 19.2. The first kappa shape index (κ1) is 28.4. The number of hydrogen-bond acceptors (Lipinski definition) is 9. The lowest BCUT2D eigenvalue weighted by Crippen LogP contribution is -2.51. The van der Waals surface area contributed by atoms with Gasteiger partial charge in [-0.1, -0.05) is 19.9 Å². The van der Waals surface area contributed by atoms with Gasteiger partial charge in [0.1, 0.15) is 28.2 Å². The summed E-state index contributed by atoms with van der Waals surface area (Å²) in [4.78, 5) is 37.9. The SMILES string of the molecule is C=C[C@@H]1C[C@]1(NC(=O)[C@@H]1C[C@@H](Oc2cc(C3=NC(C(C)C)CS3)nc3cc(OC)ccc23)CN1C)C(=O)OCC. The number of nitrogens with one attached hydrogen (secondary N) is 1. The van der Waals surface area contributed by atoms with Gasteiger partial charge in [0.05, 0.1) is 37.0 Å². The molecule has 3 heterocycles. The topological polar surface area (TPSA) is 102 Å². The molecule has 214 valence electrons. The van der Waals surface area contributed by atoms with Gasteiger partial charge in [0.15, 0.2) is 0 Å². The van der Waals surface area contributed by atoms with Gasteiger partial charge >= 0.3 is 5.97 Å². The Kier molecular flexibility index (Phi) is 8.10. The summed E-state index contributed by atoms with van der Waals surface area (Å²) in [6.07, 6.45) is 2.47. The fraction of sp³-hybridized carbons (Fsp3) is 0.533. The van der Waals surface area contributed by atoms with Crippen LogP contribution in [0.5, 0.6) is 11.5 Å². The van der Waals surface area contributed by atoms with Crippen molar-refractivity contribution in [2.24, 2.45) is 16.8 Å². The fourth-order valence-corrected chi connectivity index (χ4v) is 6.72. The van der Waals surface area contributed by atoms with Crippen molar-refractivity contribution in [2.75, 3.05) is 33.1 Å². The lowest BCUT2D eigenvalue weighted by atomic mass is 10.1. The van der Waals surface area contributed by atoms with Crippen molar-refractivity contribution in [3.8, 4) is 11.5 Å². The summed E-state index contributed by atoms with van der Waals surface area (Å²) < 4.78 is 17.3. The third-order valence-electron chi connectivity index (χ3n) is 8.03. The van der Waals surface area contributed by atoms with Gasteiger partial charge in [-0.05, 0) is 38.4 Å². The van der Waals surface area contributed by atoms with E-state index in [1.54, 1.807) is 31.9 Å². The molecule has 2 aromatic rings. The van der Waals surface area contributed by atoms with Crippen LogP contribution in [0.25, 0.3) is 10.9 Å². The van der Waals surface area contributed by atoms with Gasteiger partial charge in [0.2, 0.25) is 5.91 Å². The fourth-order valence-electron chi connectivity index (χ4n) is 5.47. The molecule has 1 saturated heterocycles. The molecule has 1 aliphatic carbocycles. The van der Waals surface area contributed by atoms with Gasteiger partial charge in [-0.15, -0.1) is 18.3 Å². The van der Waals surface area contributed by atoms with Crippen LogP contribution in [0.15, 0.2) is 41.9 Å². The number of hydrogen-bond donors (Lipinski definition) is 1. The van der Waals surface area contributed by atoms with Crippen LogP contribution in [0.2, 0.25) is 0 Å². The molecule has 10 heteroatoms. The Morgan fingerprint density at radius 1 is 1.32 bits per heavy atom. The predicted octanol–water partition coefficient (Wildman–Crippen LogP) is 3.84. The number of methoxy groups -OCH3 is 1. The maximum Gasteiger partial charge on any atom is 0.332 e. The minimum atomic E-state index is -1.02. The quantitative estimate of drug-likeness (QED) is 0.342. The third-order valence-corrected chi connectivity index (χ3v) is 9.13. The number of ether oxygens (including phenoxy) is 3. The molecular formula is C30H38N4O5S. The van der Waals surface area contributed by atoms with Crippen LogP contribution in [0.4, 0.5) is 0 Å². The zero-order valence-electron chi connectivity index (χ0n) is 23.8. The van der Waals surface area contributed by atoms with Gasteiger partial charge in [-0.3, -0.25) is 14.7 Å². The molecule has 1 saturated carbocycles. The average Bonchev–Trinajstić information content (AvgIpc) is 3.23. The number of fused-ring (bicyclic) bond motifs is 1. The molecule has 9 nitrogen and oxygen atoms in total. The Hall–Kier alpha value is -3.11. The predicted molar refractivity (Wildman–Crippen MR) is 157 cm³/mol. The minimum absolute atomic E-state index is 0.125. The summed E-state index contributed by atoms with van der Waals surface area (Å²) in [5, 5.41) is 4.78. The number of aliphatic imine (C=N–C) groups is 1. The number of carbonyl (C=O) groups is 2. The van der Waals surface area contributed by atoms with E-state index in [-0.39, 0.29) is 30.6 Å². The largest absolute Gasteiger partial charge is 0.497 e. The molecular weight excluding hydrogens is 528 g/mol. The normalized spacial score (nSPS) is 27.9. The van der Waals surface area contributed by atoms with Crippen molar-refractivity contribution >= 4 is 39.6 Å². The molecule has 1 N–H and O–H groups in total. The number of amides is 1. The number of rotatable bonds is 10. The third kappa shape index (κ3) is 5.43. The van der Waals surface area contributed by atoms with Gasteiger partial charge < -0.3 is 19.5 Å². The first-order valence-electron chi connectivity index (χ1n) is 13.9. The number of carbonyl (C=O) groups excluding carboxylic acids is 2. The summed E-state index contributed by atoms with van der Waals surface area (Å²) in [6.45, 7) is 10.8. The van der Waals surface area contributed by atoms with Gasteiger partial charge in [0, 0.05) is 42.2 Å². The molecule has 3 aliphatic rings. The van der Waals surface area contributed by atoms with Crippen LogP contribution in [-0.2, 0) is 14.3 Å². The number of esters is 1. The zero-order valence-corrected chi connectivity index (χ0v) is 24.6. The highest BCUT2D eigenvalue weighted by Crippen LogP contribution is 2.45. The van der Waals surface area contributed by atoms with E-state index >= 15 is 0 Å². The molecule has 0 spiro atoms. The van der Waals surface area contributed by atoms with Crippen molar-refractivity contribution in [1.82, 2.24) is 15.2 Å². The number of benzene rings is 1. The van der Waals surface area contributed by atoms with Crippen molar-refractivity contribution in [3.63, 3.8) is 0 Å². The van der Waals surface area contributed by atoms with Crippen LogP contribution in [0.3, 0.4) is 0 Å². The number of aromatic nitrogens is 1. The van der Waals surface area contributed by atoms with Crippen molar-refractivity contribution in [1.29, 1.82) is 0 Å². The standard InChI is InChI=1S/C30H38N4O5S/c1-7-18-14-30(18,29(36)38-8-2)33-27(35)25-12-20(15-34(25)5)39-26-13-23(28-32-24(16-40-28)17(3)4)31-22-11-19(37-6)9-10-21(22)26/h7,9-11,13,17-18,20,24-25H,1,8,12,14-16H2,2-6H3,(H,33,35)/t18-,20-,24?,25+,30-/m1/s1. The Morgan fingerprint density at radius 3 is 2.77 bits per heavy atom. The number of likely N-dealkylation sites (N-methyl/N-ethyl adjacent to an activating group) is 1. The number of nitrogens with zero attached hydrogens (tertiary/aromatic N) is 3. The summed E-state index contributed by atoms with van der Waals surface area (Å²) in [7, 11) is 3.54. The maximum absolute atomic E-state index is 13.4. The molecule has 40 heavy (non-hydrogen) atoms. The van der Waals surface area contributed by atoms with Gasteiger partial charge in [-0.2, -0.15) is 0 Å². The molecule has 5 rings (SSSR count). The van der Waals surface area contributed by atoms with Crippen LogP contribution >= 0.6 is 11.8 Å². The molecule has 1 aromatic carbocycles. The Morgan fingerprint density at radius 2 is 2.12 bits per heavy atom. The molecule has 2 aliphatic heterocycles. The lowest BCUT2D eigenvalue weighted by Gasteiger charge is -2.23. The molecule has 1 aromatic heterocycles. The molecule has 0 bridgehead atoms. The van der Waals surface area contributed by atoms with Crippen LogP contribution in [-0.4, -0.2) is 83.6 Å². The van der Waals surface area contributed by atoms with Gasteiger partial charge in [0.25, 0.3) is 0 Å². The summed E-state index contributed by atoms with van der Waals surface area (Å²) in [5.74, 6) is 2.09. The maximum atomic E-state index is 13.4. The lowest BCUT2D eigenvalue weighted by molar-refractivity contribution is -0.149. The van der Waals surface area contributed by atoms with E-state index in [1.165, 1.54) is 0 Å². The van der Waals surface area contributed by atoms with Crippen LogP contribution in [0, 0.1) is 11.8 Å². The van der Waals surface area contributed by atoms with Crippen LogP contribution in [0.1, 0.15) is 39.3 Å². The Bertz CT molecular complexity index is 1350. The van der Waals surface area contributed by atoms with E-state index in [1.807, 2.05) is 36.2 Å². The number of likely N-dealkylation sites (tertiary alicyclic amines) is 1. The molecule has 1 unspecified atom stereocenters. The second-order valence-corrected chi connectivity index (χ2v) is 12.1. The van der Waals surface area contributed by atoms with Crippen LogP contribution < -0.4 is 14.8 Å². The zero-order chi connectivity index (χ0) is 28.6. The van der Waals surface area contributed by atoms with E-state index in [2.05, 4.69) is 25.7 Å². The first-order valence-corrected chi connectivity index (χ1v) is 14.9. The number of pyridine rings is 1. The van der Waals surface area contributed by atoms with E-state index in [0.29, 0.717) is 31.1 Å². The molecule has 0 radical (unpaired) electrons. The highest BCUT2D eigenvalue weighted by Gasteiger charge is 2.61. The minimum Gasteiger partial charge on any atom is -0.497 e. The number of thioether (sulfide) groups is 1. The molecule has 2 fully saturated rings. The van der Waals surface area contributed by atoms with E-state index in [9.17, 15) is 9.59 Å². The van der Waals surface area contributed by atoms with E-state index < -0.39 is 17.6 Å². The van der Waals surface area contributed by atoms with Crippen molar-refractivity contribution < 1.29 is 23.8 Å². The monoisotopic (exact) mass is 566 g/mol. The second kappa shape index (κ2) is 11.4. The van der Waals surface area contributed by atoms with Crippen molar-refractivity contribution in [3.05, 3.63) is 42.6 Å². The molecule has 1 amide bonds.